The van der Waals surface area contributed by atoms with E-state index in [1.165, 1.54) is 6.07 Å². The van der Waals surface area contributed by atoms with Gasteiger partial charge in [-0.25, -0.2) is 4.98 Å². The maximum atomic E-state index is 12.5. The van der Waals surface area contributed by atoms with Crippen LogP contribution in [0, 0.1) is 17.2 Å². The first-order valence-electron chi connectivity index (χ1n) is 8.27. The fourth-order valence-electron chi connectivity index (χ4n) is 3.35. The minimum atomic E-state index is -0.931. The fourth-order valence-corrected chi connectivity index (χ4v) is 3.35. The van der Waals surface area contributed by atoms with Crippen LogP contribution in [0.1, 0.15) is 18.5 Å². The Hall–Kier alpha value is -3.53. The molecule has 1 aliphatic rings. The molecular formula is C19H16N4O3. The van der Waals surface area contributed by atoms with Gasteiger partial charge in [-0.05, 0) is 36.8 Å². The Labute approximate surface area is 149 Å². The van der Waals surface area contributed by atoms with Gasteiger partial charge in [0.2, 0.25) is 11.9 Å². The predicted molar refractivity (Wildman–Crippen MR) is 94.9 cm³/mol. The number of ether oxygens (including phenoxy) is 1. The van der Waals surface area contributed by atoms with Gasteiger partial charge in [0.1, 0.15) is 0 Å². The minimum absolute atomic E-state index is 0.0140. The fraction of sp³-hybridized carbons (Fsp3) is 0.211. The van der Waals surface area contributed by atoms with E-state index in [0.29, 0.717) is 23.9 Å². The Morgan fingerprint density at radius 3 is 2.92 bits per heavy atom. The number of phenolic OH excluding ortho intramolecular Hbond substituents is 1. The highest BCUT2D eigenvalue weighted by molar-refractivity contribution is 5.97. The van der Waals surface area contributed by atoms with Crippen molar-refractivity contribution in [2.75, 3.05) is 11.9 Å². The molecule has 0 saturated carbocycles. The summed E-state index contributed by atoms with van der Waals surface area (Å²) in [6.07, 6.45) is 0. The number of imidazole rings is 1. The van der Waals surface area contributed by atoms with Gasteiger partial charge in [-0.3, -0.25) is 10.1 Å². The third kappa shape index (κ3) is 2.35. The summed E-state index contributed by atoms with van der Waals surface area (Å²) < 4.78 is 7.32. The Morgan fingerprint density at radius 2 is 2.15 bits per heavy atom. The van der Waals surface area contributed by atoms with Crippen molar-refractivity contribution in [3.63, 3.8) is 0 Å². The molecule has 7 heteroatoms. The topological polar surface area (TPSA) is 100 Å². The first-order valence-corrected chi connectivity index (χ1v) is 8.27. The molecule has 3 aromatic rings. The Bertz CT molecular complexity index is 1050. The van der Waals surface area contributed by atoms with Crippen molar-refractivity contribution in [1.29, 1.82) is 5.26 Å². The van der Waals surface area contributed by atoms with Gasteiger partial charge in [0.05, 0.1) is 29.8 Å². The van der Waals surface area contributed by atoms with Crippen molar-refractivity contribution in [1.82, 2.24) is 9.55 Å². The summed E-state index contributed by atoms with van der Waals surface area (Å²) in [5, 5.41) is 22.3. The number of nitrogens with one attached hydrogen (secondary N) is 1. The Kier molecular flexibility index (Phi) is 3.73. The normalized spacial score (nSPS) is 18.8. The van der Waals surface area contributed by atoms with Gasteiger partial charge >= 0.3 is 0 Å². The number of nitriles is 1. The predicted octanol–water partition coefficient (Wildman–Crippen LogP) is 2.82. The molecule has 2 N–H and O–H groups in total. The highest BCUT2D eigenvalue weighted by Gasteiger charge is 2.39. The van der Waals surface area contributed by atoms with E-state index < -0.39 is 17.9 Å². The molecule has 0 spiro atoms. The molecule has 1 amide bonds. The molecule has 0 saturated heterocycles. The lowest BCUT2D eigenvalue weighted by atomic mass is 9.91. The van der Waals surface area contributed by atoms with Crippen LogP contribution in [0.3, 0.4) is 0 Å². The molecular weight excluding hydrogens is 332 g/mol. The number of phenols is 1. The summed E-state index contributed by atoms with van der Waals surface area (Å²) in [5.41, 5.74) is 2.24. The van der Waals surface area contributed by atoms with E-state index in [-0.39, 0.29) is 5.75 Å². The monoisotopic (exact) mass is 348 g/mol. The van der Waals surface area contributed by atoms with Crippen LogP contribution in [-0.4, -0.2) is 27.2 Å². The molecule has 0 aliphatic carbocycles. The number of anilines is 1. The number of carbonyl (C=O) groups excluding carboxylic acids is 1. The Balaban J connectivity index is 1.96. The molecule has 2 aromatic carbocycles. The number of aromatic hydroxyl groups is 1. The van der Waals surface area contributed by atoms with Crippen molar-refractivity contribution in [3.05, 3.63) is 48.0 Å². The SMILES string of the molecule is CCOc1cc([C@@H]2[C@@H](C#N)C(=O)Nc3nc4ccccc4n32)ccc1O. The largest absolute Gasteiger partial charge is 0.504 e. The van der Waals surface area contributed by atoms with E-state index in [1.807, 2.05) is 35.8 Å². The molecule has 130 valence electrons. The lowest BCUT2D eigenvalue weighted by Crippen LogP contribution is -2.37. The smallest absolute Gasteiger partial charge is 0.246 e. The molecule has 1 aromatic heterocycles. The number of rotatable bonds is 3. The van der Waals surface area contributed by atoms with Crippen LogP contribution < -0.4 is 10.1 Å². The van der Waals surface area contributed by atoms with Gasteiger partial charge in [-0.15, -0.1) is 0 Å². The standard InChI is InChI=1S/C19H16N4O3/c1-2-26-16-9-11(7-8-15(16)24)17-12(10-20)18(25)22-19-21-13-5-3-4-6-14(13)23(17)19/h3-9,12,17,24H,2H2,1H3,(H,21,22,25)/t12-,17-/m1/s1. The van der Waals surface area contributed by atoms with E-state index in [0.717, 1.165) is 11.0 Å². The van der Waals surface area contributed by atoms with Crippen LogP contribution in [0.15, 0.2) is 42.5 Å². The van der Waals surface area contributed by atoms with E-state index in [4.69, 9.17) is 4.74 Å². The van der Waals surface area contributed by atoms with E-state index >= 15 is 0 Å². The molecule has 2 atom stereocenters. The molecule has 0 radical (unpaired) electrons. The average molecular weight is 348 g/mol. The van der Waals surface area contributed by atoms with Crippen molar-refractivity contribution < 1.29 is 14.6 Å². The van der Waals surface area contributed by atoms with Crippen molar-refractivity contribution in [2.45, 2.75) is 13.0 Å². The summed E-state index contributed by atoms with van der Waals surface area (Å²) in [6, 6.07) is 13.9. The molecule has 26 heavy (non-hydrogen) atoms. The number of nitrogens with zero attached hydrogens (tertiary/aromatic N) is 3. The second-order valence-corrected chi connectivity index (χ2v) is 6.00. The number of hydrogen-bond donors (Lipinski definition) is 2. The van der Waals surface area contributed by atoms with Crippen LogP contribution in [-0.2, 0) is 4.79 Å². The van der Waals surface area contributed by atoms with Gasteiger partial charge in [0, 0.05) is 0 Å². The molecule has 0 bridgehead atoms. The van der Waals surface area contributed by atoms with Crippen LogP contribution >= 0.6 is 0 Å². The summed E-state index contributed by atoms with van der Waals surface area (Å²) in [5.74, 6) is -0.595. The zero-order chi connectivity index (χ0) is 18.3. The maximum absolute atomic E-state index is 12.5. The number of carbonyl (C=O) groups is 1. The van der Waals surface area contributed by atoms with Crippen LogP contribution in [0.2, 0.25) is 0 Å². The first kappa shape index (κ1) is 16.0. The average Bonchev–Trinajstić information content (AvgIpc) is 3.00. The summed E-state index contributed by atoms with van der Waals surface area (Å²) >= 11 is 0. The molecule has 1 aliphatic heterocycles. The zero-order valence-electron chi connectivity index (χ0n) is 14.0. The molecule has 4 rings (SSSR count). The molecule has 0 fully saturated rings. The van der Waals surface area contributed by atoms with Crippen molar-refractivity contribution in [3.8, 4) is 17.6 Å². The first-order chi connectivity index (χ1) is 12.6. The highest BCUT2D eigenvalue weighted by Crippen LogP contribution is 2.40. The van der Waals surface area contributed by atoms with Gasteiger partial charge < -0.3 is 14.4 Å². The lowest BCUT2D eigenvalue weighted by molar-refractivity contribution is -0.119. The van der Waals surface area contributed by atoms with Gasteiger partial charge in [0.25, 0.3) is 0 Å². The van der Waals surface area contributed by atoms with Crippen LogP contribution in [0.25, 0.3) is 11.0 Å². The van der Waals surface area contributed by atoms with Gasteiger partial charge in [-0.1, -0.05) is 18.2 Å². The summed E-state index contributed by atoms with van der Waals surface area (Å²) in [4.78, 5) is 16.9. The highest BCUT2D eigenvalue weighted by atomic mass is 16.5. The number of fused-ring (bicyclic) bond motifs is 3. The minimum Gasteiger partial charge on any atom is -0.504 e. The van der Waals surface area contributed by atoms with E-state index in [2.05, 4.69) is 16.4 Å². The van der Waals surface area contributed by atoms with Crippen molar-refractivity contribution >= 4 is 22.9 Å². The quantitative estimate of drug-likeness (QED) is 0.758. The number of hydrogen-bond acceptors (Lipinski definition) is 5. The zero-order valence-corrected chi connectivity index (χ0v) is 14.0. The second kappa shape index (κ2) is 6.08. The third-order valence-corrected chi connectivity index (χ3v) is 4.47. The lowest BCUT2D eigenvalue weighted by Gasteiger charge is -2.30. The van der Waals surface area contributed by atoms with Crippen molar-refractivity contribution in [2.24, 2.45) is 5.92 Å². The number of benzene rings is 2. The maximum Gasteiger partial charge on any atom is 0.246 e. The summed E-state index contributed by atoms with van der Waals surface area (Å²) in [6.45, 7) is 2.21. The summed E-state index contributed by atoms with van der Waals surface area (Å²) in [7, 11) is 0. The Morgan fingerprint density at radius 1 is 1.35 bits per heavy atom. The third-order valence-electron chi connectivity index (χ3n) is 4.47. The number of para-hydroxylation sites is 2. The van der Waals surface area contributed by atoms with Crippen LogP contribution in [0.4, 0.5) is 5.95 Å². The second-order valence-electron chi connectivity index (χ2n) is 6.00. The number of aromatic nitrogens is 2. The van der Waals surface area contributed by atoms with E-state index in [1.54, 1.807) is 12.1 Å². The van der Waals surface area contributed by atoms with Crippen LogP contribution in [0.5, 0.6) is 11.5 Å². The molecule has 0 unspecified atom stereocenters. The van der Waals surface area contributed by atoms with Gasteiger partial charge in [-0.2, -0.15) is 5.26 Å². The molecule has 2 heterocycles. The van der Waals surface area contributed by atoms with Gasteiger partial charge in [0.15, 0.2) is 17.4 Å². The molecule has 7 nitrogen and oxygen atoms in total. The number of amides is 1. The van der Waals surface area contributed by atoms with E-state index in [9.17, 15) is 15.2 Å².